The number of ether oxygens (including phenoxy) is 1. The van der Waals surface area contributed by atoms with Crippen LogP contribution in [0.3, 0.4) is 0 Å². The molecule has 0 bridgehead atoms. The van der Waals surface area contributed by atoms with Crippen LogP contribution in [0, 0.1) is 6.92 Å². The Morgan fingerprint density at radius 2 is 2.00 bits per heavy atom. The van der Waals surface area contributed by atoms with Gasteiger partial charge in [-0.2, -0.15) is 5.10 Å². The number of anilines is 1. The zero-order chi connectivity index (χ0) is 23.3. The van der Waals surface area contributed by atoms with E-state index in [1.54, 1.807) is 56.9 Å². The van der Waals surface area contributed by atoms with Crippen LogP contribution in [0.5, 0.6) is 0 Å². The molecular weight excluding hydrogens is 432 g/mol. The van der Waals surface area contributed by atoms with E-state index >= 15 is 0 Å². The van der Waals surface area contributed by atoms with Crippen LogP contribution >= 0.6 is 11.3 Å². The molecule has 10 nitrogen and oxygen atoms in total. The number of pyridine rings is 1. The summed E-state index contributed by atoms with van der Waals surface area (Å²) in [5.41, 5.74) is 2.17. The molecule has 0 fully saturated rings. The minimum atomic E-state index is -0.469. The molecule has 0 atom stereocenters. The van der Waals surface area contributed by atoms with E-state index in [0.717, 1.165) is 16.9 Å². The third-order valence-corrected chi connectivity index (χ3v) is 5.24. The summed E-state index contributed by atoms with van der Waals surface area (Å²) >= 11 is 1.05. The standard InChI is InChI=1S/C21H24N6O4S/c1-12(2)31-20(30)18-13(3)24-21(32-18)26-17(28)8-9-22-19(29)16-7-5-6-15(25-16)14-10-23-27(4)11-14/h5-7,10-12H,8-9H2,1-4H3,(H,22,29)(H,24,26,28). The first-order valence-electron chi connectivity index (χ1n) is 9.95. The number of amides is 2. The van der Waals surface area contributed by atoms with Gasteiger partial charge in [-0.3, -0.25) is 14.3 Å². The summed E-state index contributed by atoms with van der Waals surface area (Å²) in [4.78, 5) is 45.5. The molecule has 3 rings (SSSR count). The van der Waals surface area contributed by atoms with Gasteiger partial charge in [0.15, 0.2) is 5.13 Å². The molecule has 2 amide bonds. The highest BCUT2D eigenvalue weighted by molar-refractivity contribution is 7.17. The fraction of sp³-hybridized carbons (Fsp3) is 0.333. The number of hydrogen-bond acceptors (Lipinski definition) is 8. The number of nitrogens with zero attached hydrogens (tertiary/aromatic N) is 4. The van der Waals surface area contributed by atoms with Crippen LogP contribution in [0.15, 0.2) is 30.6 Å². The average molecular weight is 457 g/mol. The van der Waals surface area contributed by atoms with Crippen molar-refractivity contribution in [3.8, 4) is 11.3 Å². The van der Waals surface area contributed by atoms with E-state index in [4.69, 9.17) is 4.74 Å². The van der Waals surface area contributed by atoms with E-state index in [2.05, 4.69) is 25.7 Å². The lowest BCUT2D eigenvalue weighted by molar-refractivity contribution is -0.116. The number of aryl methyl sites for hydroxylation is 2. The molecule has 32 heavy (non-hydrogen) atoms. The van der Waals surface area contributed by atoms with Crippen LogP contribution in [0.1, 0.15) is 46.1 Å². The normalized spacial score (nSPS) is 10.8. The number of thiazole rings is 1. The van der Waals surface area contributed by atoms with Crippen LogP contribution in [0.2, 0.25) is 0 Å². The van der Waals surface area contributed by atoms with Gasteiger partial charge in [0.1, 0.15) is 10.6 Å². The van der Waals surface area contributed by atoms with Gasteiger partial charge in [0, 0.05) is 31.8 Å². The van der Waals surface area contributed by atoms with Gasteiger partial charge in [0.2, 0.25) is 5.91 Å². The summed E-state index contributed by atoms with van der Waals surface area (Å²) in [6, 6.07) is 5.14. The molecule has 0 aliphatic heterocycles. The van der Waals surface area contributed by atoms with Crippen molar-refractivity contribution in [2.24, 2.45) is 7.05 Å². The maximum atomic E-state index is 12.4. The summed E-state index contributed by atoms with van der Waals surface area (Å²) in [5.74, 6) is -1.18. The van der Waals surface area contributed by atoms with Crippen molar-refractivity contribution in [1.82, 2.24) is 25.1 Å². The molecule has 2 N–H and O–H groups in total. The maximum absolute atomic E-state index is 12.4. The smallest absolute Gasteiger partial charge is 0.350 e. The Bertz CT molecular complexity index is 1140. The van der Waals surface area contributed by atoms with E-state index < -0.39 is 5.97 Å². The average Bonchev–Trinajstić information content (AvgIpc) is 3.33. The lowest BCUT2D eigenvalue weighted by Crippen LogP contribution is -2.28. The van der Waals surface area contributed by atoms with Crippen LogP contribution in [0.4, 0.5) is 5.13 Å². The number of esters is 1. The number of aromatic nitrogens is 4. The Kier molecular flexibility index (Phi) is 7.31. The largest absolute Gasteiger partial charge is 0.459 e. The maximum Gasteiger partial charge on any atom is 0.350 e. The molecule has 0 aromatic carbocycles. The molecule has 3 heterocycles. The van der Waals surface area contributed by atoms with Crippen molar-refractivity contribution in [2.75, 3.05) is 11.9 Å². The van der Waals surface area contributed by atoms with Crippen LogP contribution in [-0.4, -0.2) is 50.2 Å². The van der Waals surface area contributed by atoms with Gasteiger partial charge < -0.3 is 15.4 Å². The van der Waals surface area contributed by atoms with Crippen molar-refractivity contribution in [3.05, 3.63) is 46.9 Å². The van der Waals surface area contributed by atoms with E-state index in [1.807, 2.05) is 6.20 Å². The molecule has 0 spiro atoms. The highest BCUT2D eigenvalue weighted by Gasteiger charge is 2.19. The quantitative estimate of drug-likeness (QED) is 0.499. The third-order valence-electron chi connectivity index (χ3n) is 4.19. The van der Waals surface area contributed by atoms with Gasteiger partial charge in [-0.1, -0.05) is 17.4 Å². The first-order chi connectivity index (χ1) is 15.2. The molecular formula is C21H24N6O4S. The molecule has 0 saturated carbocycles. The van der Waals surface area contributed by atoms with Gasteiger partial charge in [-0.15, -0.1) is 0 Å². The molecule has 0 unspecified atom stereocenters. The van der Waals surface area contributed by atoms with Crippen LogP contribution in [-0.2, 0) is 16.6 Å². The highest BCUT2D eigenvalue weighted by atomic mass is 32.1. The number of hydrogen-bond donors (Lipinski definition) is 2. The zero-order valence-electron chi connectivity index (χ0n) is 18.2. The summed E-state index contributed by atoms with van der Waals surface area (Å²) in [5, 5.41) is 9.73. The number of rotatable bonds is 8. The topological polar surface area (TPSA) is 128 Å². The second-order valence-corrected chi connectivity index (χ2v) is 8.25. The van der Waals surface area contributed by atoms with Gasteiger partial charge >= 0.3 is 5.97 Å². The first-order valence-corrected chi connectivity index (χ1v) is 10.8. The Balaban J connectivity index is 1.51. The monoisotopic (exact) mass is 456 g/mol. The highest BCUT2D eigenvalue weighted by Crippen LogP contribution is 2.24. The minimum absolute atomic E-state index is 0.0401. The SMILES string of the molecule is Cc1nc(NC(=O)CCNC(=O)c2cccc(-c3cnn(C)c3)n2)sc1C(=O)OC(C)C. The van der Waals surface area contributed by atoms with Crippen LogP contribution < -0.4 is 10.6 Å². The van der Waals surface area contributed by atoms with E-state index in [-0.39, 0.29) is 36.6 Å². The summed E-state index contributed by atoms with van der Waals surface area (Å²) in [6.45, 7) is 5.32. The van der Waals surface area contributed by atoms with E-state index in [0.29, 0.717) is 21.4 Å². The summed E-state index contributed by atoms with van der Waals surface area (Å²) in [6.07, 6.45) is 3.27. The second-order valence-electron chi connectivity index (χ2n) is 7.25. The molecule has 0 aliphatic carbocycles. The van der Waals surface area contributed by atoms with Crippen molar-refractivity contribution in [2.45, 2.75) is 33.3 Å². The molecule has 3 aromatic heterocycles. The predicted molar refractivity (Wildman–Crippen MR) is 119 cm³/mol. The molecule has 11 heteroatoms. The first kappa shape index (κ1) is 23.1. The Labute approximate surface area is 189 Å². The third kappa shape index (κ3) is 5.97. The second kappa shape index (κ2) is 10.1. The van der Waals surface area contributed by atoms with Crippen molar-refractivity contribution < 1.29 is 19.1 Å². The van der Waals surface area contributed by atoms with Gasteiger partial charge in [0.05, 0.1) is 23.7 Å². The van der Waals surface area contributed by atoms with Gasteiger partial charge in [0.25, 0.3) is 5.91 Å². The zero-order valence-corrected chi connectivity index (χ0v) is 19.0. The van der Waals surface area contributed by atoms with Crippen molar-refractivity contribution in [1.29, 1.82) is 0 Å². The lowest BCUT2D eigenvalue weighted by Gasteiger charge is -2.06. The summed E-state index contributed by atoms with van der Waals surface area (Å²) < 4.78 is 6.82. The minimum Gasteiger partial charge on any atom is -0.459 e. The van der Waals surface area contributed by atoms with Gasteiger partial charge in [-0.05, 0) is 32.9 Å². The molecule has 0 saturated heterocycles. The summed E-state index contributed by atoms with van der Waals surface area (Å²) in [7, 11) is 1.80. The van der Waals surface area contributed by atoms with Crippen LogP contribution in [0.25, 0.3) is 11.3 Å². The lowest BCUT2D eigenvalue weighted by atomic mass is 10.2. The molecule has 0 radical (unpaired) electrons. The fourth-order valence-corrected chi connectivity index (χ4v) is 3.61. The Morgan fingerprint density at radius 1 is 1.22 bits per heavy atom. The number of nitrogens with one attached hydrogen (secondary N) is 2. The Hall–Kier alpha value is -3.60. The van der Waals surface area contributed by atoms with Crippen molar-refractivity contribution in [3.63, 3.8) is 0 Å². The van der Waals surface area contributed by atoms with Crippen molar-refractivity contribution >= 4 is 34.3 Å². The molecule has 3 aromatic rings. The predicted octanol–water partition coefficient (Wildman–Crippen LogP) is 2.57. The number of carbonyl (C=O) groups is 3. The van der Waals surface area contributed by atoms with E-state index in [1.165, 1.54) is 0 Å². The van der Waals surface area contributed by atoms with E-state index in [9.17, 15) is 14.4 Å². The molecule has 0 aliphatic rings. The molecule has 168 valence electrons. The van der Waals surface area contributed by atoms with Gasteiger partial charge in [-0.25, -0.2) is 14.8 Å². The number of carbonyl (C=O) groups excluding carboxylic acids is 3. The fourth-order valence-electron chi connectivity index (χ4n) is 2.74. The Morgan fingerprint density at radius 3 is 2.69 bits per heavy atom.